The Kier molecular flexibility index (Phi) is 12.4. The molecule has 2 N–H and O–H groups in total. The number of nitrogens with zero attached hydrogens (tertiary/aromatic N) is 7. The van der Waals surface area contributed by atoms with Crippen molar-refractivity contribution in [2.24, 2.45) is 5.92 Å². The number of ether oxygens (including phenoxy) is 2. The highest BCUT2D eigenvalue weighted by Crippen LogP contribution is 2.33. The predicted octanol–water partition coefficient (Wildman–Crippen LogP) is 5.73. The molecule has 0 spiro atoms. The van der Waals surface area contributed by atoms with E-state index in [9.17, 15) is 28.8 Å². The number of nitrogens with one attached hydrogen (secondary N) is 2. The fourth-order valence-electron chi connectivity index (χ4n) is 9.48. The van der Waals surface area contributed by atoms with E-state index in [4.69, 9.17) is 26.1 Å². The molecule has 18 heteroatoms. The summed E-state index contributed by atoms with van der Waals surface area (Å²) in [4.78, 5) is 102. The van der Waals surface area contributed by atoms with E-state index in [1.807, 2.05) is 47.4 Å². The molecule has 10 rings (SSSR count). The van der Waals surface area contributed by atoms with Crippen LogP contribution in [-0.2, 0) is 16.0 Å². The molecule has 0 bridgehead atoms. The number of ketones is 1. The average molecular weight is 936 g/mol. The summed E-state index contributed by atoms with van der Waals surface area (Å²) in [7, 11) is 0. The van der Waals surface area contributed by atoms with Gasteiger partial charge >= 0.3 is 0 Å². The van der Waals surface area contributed by atoms with E-state index in [0.717, 1.165) is 55.4 Å². The number of para-hydroxylation sites is 1. The van der Waals surface area contributed by atoms with Crippen LogP contribution in [0.1, 0.15) is 78.4 Å². The zero-order chi connectivity index (χ0) is 46.9. The number of pyridine rings is 1. The summed E-state index contributed by atoms with van der Waals surface area (Å²) in [5.41, 5.74) is 2.94. The Morgan fingerprint density at radius 3 is 2.38 bits per heavy atom. The smallest absolute Gasteiger partial charge is 0.262 e. The summed E-state index contributed by atoms with van der Waals surface area (Å²) >= 11 is 6.66. The van der Waals surface area contributed by atoms with Gasteiger partial charge in [-0.25, -0.2) is 15.0 Å². The van der Waals surface area contributed by atoms with Crippen molar-refractivity contribution in [3.8, 4) is 17.2 Å². The van der Waals surface area contributed by atoms with Crippen molar-refractivity contribution in [1.82, 2.24) is 40.0 Å². The Labute approximate surface area is 395 Å². The number of carbonyl (C=O) groups excluding carboxylic acids is 6. The van der Waals surface area contributed by atoms with Crippen LogP contribution in [0.4, 0.5) is 5.82 Å². The van der Waals surface area contributed by atoms with E-state index in [1.165, 1.54) is 18.5 Å². The number of anilines is 1. The lowest BCUT2D eigenvalue weighted by molar-refractivity contribution is -0.136. The molecule has 0 radical (unpaired) electrons. The van der Waals surface area contributed by atoms with Crippen LogP contribution in [0.15, 0.2) is 97.6 Å². The minimum atomic E-state index is -1.02. The number of halogens is 1. The second kappa shape index (κ2) is 19.0. The molecule has 3 aromatic carbocycles. The van der Waals surface area contributed by atoms with Crippen LogP contribution in [0.3, 0.4) is 0 Å². The molecule has 6 aromatic rings. The minimum absolute atomic E-state index is 0.0555. The van der Waals surface area contributed by atoms with Crippen LogP contribution in [0, 0.1) is 5.92 Å². The first-order valence-electron chi connectivity index (χ1n) is 22.7. The summed E-state index contributed by atoms with van der Waals surface area (Å²) in [6.07, 6.45) is 7.23. The van der Waals surface area contributed by atoms with E-state index >= 15 is 0 Å². The van der Waals surface area contributed by atoms with Gasteiger partial charge in [0.2, 0.25) is 11.8 Å². The lowest BCUT2D eigenvalue weighted by Crippen LogP contribution is -2.54. The number of aromatic amines is 1. The number of carbonyl (C=O) groups is 6. The molecule has 346 valence electrons. The minimum Gasteiger partial charge on any atom is -0.492 e. The van der Waals surface area contributed by atoms with Crippen LogP contribution in [0.5, 0.6) is 17.2 Å². The zero-order valence-electron chi connectivity index (χ0n) is 36.9. The van der Waals surface area contributed by atoms with Crippen LogP contribution in [0.25, 0.3) is 11.0 Å². The number of benzene rings is 3. The van der Waals surface area contributed by atoms with Gasteiger partial charge in [-0.2, -0.15) is 0 Å². The van der Waals surface area contributed by atoms with Gasteiger partial charge in [0.15, 0.2) is 5.78 Å². The number of piperidine rings is 2. The molecule has 3 saturated heterocycles. The van der Waals surface area contributed by atoms with Crippen LogP contribution in [0.2, 0.25) is 5.02 Å². The molecule has 4 aliphatic heterocycles. The topological polar surface area (TPSA) is 200 Å². The predicted molar refractivity (Wildman–Crippen MR) is 249 cm³/mol. The van der Waals surface area contributed by atoms with Gasteiger partial charge in [-0.3, -0.25) is 43.9 Å². The molecule has 1 unspecified atom stereocenters. The van der Waals surface area contributed by atoms with Gasteiger partial charge in [-0.05, 0) is 86.2 Å². The quantitative estimate of drug-likeness (QED) is 0.105. The highest BCUT2D eigenvalue weighted by atomic mass is 35.5. The van der Waals surface area contributed by atoms with Gasteiger partial charge in [0, 0.05) is 76.3 Å². The fraction of sp³-hybridized carbons (Fsp3) is 0.300. The fourth-order valence-corrected chi connectivity index (χ4v) is 9.74. The number of amides is 5. The number of fused-ring (bicyclic) bond motifs is 2. The standard InChI is InChI=1S/C50H46ClN9O8/c51-39-25-34(68-32-6-2-1-3-7-32)10-12-36(39)45(62)38-27-53-46-44(38)40(54-29-55-46)23-30-5-4-16-59(28-30)48(64)31-8-14-42(52-26-31)58-19-17-57(18-20-58)21-22-67-33-9-11-35-37(24-33)50(66)60(49(35)65)41-13-15-43(61)56-47(41)63/h1-3,6-12,14,24-27,29-30,41H,4-5,13,15-23,28H2,(H,53,54,55)(H,56,61,63)/t30-,41?/m0/s1. The maximum absolute atomic E-state index is 14.0. The molecule has 3 aromatic heterocycles. The summed E-state index contributed by atoms with van der Waals surface area (Å²) in [6.45, 7) is 5.15. The third-order valence-electron chi connectivity index (χ3n) is 13.0. The molecule has 5 amide bonds. The summed E-state index contributed by atoms with van der Waals surface area (Å²) in [6, 6.07) is 21.8. The number of aromatic nitrogens is 4. The van der Waals surface area contributed by atoms with Gasteiger partial charge < -0.3 is 24.3 Å². The summed E-state index contributed by atoms with van der Waals surface area (Å²) in [5.74, 6) is -0.0311. The summed E-state index contributed by atoms with van der Waals surface area (Å²) in [5, 5.41) is 3.12. The number of likely N-dealkylation sites (tertiary alicyclic amines) is 1. The monoisotopic (exact) mass is 935 g/mol. The second-order valence-corrected chi connectivity index (χ2v) is 17.7. The van der Waals surface area contributed by atoms with Crippen molar-refractivity contribution >= 4 is 63.8 Å². The third kappa shape index (κ3) is 9.01. The highest BCUT2D eigenvalue weighted by Gasteiger charge is 2.45. The van der Waals surface area contributed by atoms with E-state index in [0.29, 0.717) is 77.6 Å². The van der Waals surface area contributed by atoms with Gasteiger partial charge in [-0.15, -0.1) is 0 Å². The van der Waals surface area contributed by atoms with E-state index in [2.05, 4.69) is 30.1 Å². The van der Waals surface area contributed by atoms with Crippen molar-refractivity contribution in [2.75, 3.05) is 57.3 Å². The summed E-state index contributed by atoms with van der Waals surface area (Å²) < 4.78 is 11.9. The van der Waals surface area contributed by atoms with Gasteiger partial charge in [-0.1, -0.05) is 29.8 Å². The lowest BCUT2D eigenvalue weighted by Gasteiger charge is -2.35. The van der Waals surface area contributed by atoms with Gasteiger partial charge in [0.1, 0.15) is 47.7 Å². The molecular formula is C50H46ClN9O8. The average Bonchev–Trinajstić information content (AvgIpc) is 3.90. The molecule has 17 nitrogen and oxygen atoms in total. The van der Waals surface area contributed by atoms with E-state index < -0.39 is 29.7 Å². The van der Waals surface area contributed by atoms with Crippen LogP contribution >= 0.6 is 11.6 Å². The maximum Gasteiger partial charge on any atom is 0.262 e. The van der Waals surface area contributed by atoms with E-state index in [-0.39, 0.29) is 46.6 Å². The Bertz CT molecular complexity index is 2960. The second-order valence-electron chi connectivity index (χ2n) is 17.3. The Morgan fingerprint density at radius 1 is 0.794 bits per heavy atom. The van der Waals surface area contributed by atoms with Crippen molar-refractivity contribution in [3.05, 3.63) is 136 Å². The molecule has 4 aliphatic rings. The molecule has 0 aliphatic carbocycles. The molecule has 68 heavy (non-hydrogen) atoms. The SMILES string of the molecule is O=C1CCC(N2C(=O)c3ccc(OCCN4CCN(c5ccc(C(=O)N6CCC[C@@H](Cc7ncnc8[nH]cc(C(=O)c9ccc(Oc%10ccccc%10)cc9Cl)c78)C6)cn5)CC4)cc3C2=O)C(=O)N1. The largest absolute Gasteiger partial charge is 0.492 e. The number of hydrogen-bond donors (Lipinski definition) is 2. The van der Waals surface area contributed by atoms with E-state index in [1.54, 1.807) is 36.7 Å². The first kappa shape index (κ1) is 44.3. The molecule has 2 atom stereocenters. The Hall–Kier alpha value is -7.50. The number of H-pyrrole nitrogens is 1. The highest BCUT2D eigenvalue weighted by molar-refractivity contribution is 6.35. The van der Waals surface area contributed by atoms with Crippen molar-refractivity contribution in [3.63, 3.8) is 0 Å². The van der Waals surface area contributed by atoms with Crippen LogP contribution < -0.4 is 19.7 Å². The first-order valence-corrected chi connectivity index (χ1v) is 23.0. The van der Waals surface area contributed by atoms with Crippen LogP contribution in [-0.4, -0.2) is 128 Å². The number of hydrogen-bond acceptors (Lipinski definition) is 13. The number of rotatable bonds is 13. The number of piperazine rings is 1. The molecule has 7 heterocycles. The Morgan fingerprint density at radius 2 is 1.60 bits per heavy atom. The van der Waals surface area contributed by atoms with Crippen molar-refractivity contribution in [1.29, 1.82) is 0 Å². The first-order chi connectivity index (χ1) is 33.1. The molecular weight excluding hydrogens is 890 g/mol. The zero-order valence-corrected chi connectivity index (χ0v) is 37.6. The van der Waals surface area contributed by atoms with Gasteiger partial charge in [0.25, 0.3) is 17.7 Å². The lowest BCUT2D eigenvalue weighted by atomic mass is 9.91. The molecule has 3 fully saturated rings. The Balaban J connectivity index is 0.706. The molecule has 0 saturated carbocycles. The third-order valence-corrected chi connectivity index (χ3v) is 13.3. The van der Waals surface area contributed by atoms with Crippen molar-refractivity contribution < 1.29 is 38.2 Å². The number of imide groups is 2. The van der Waals surface area contributed by atoms with Crippen molar-refractivity contribution in [2.45, 2.75) is 38.1 Å². The van der Waals surface area contributed by atoms with Gasteiger partial charge in [0.05, 0.1) is 38.4 Å². The maximum atomic E-state index is 14.0. The normalized spacial score (nSPS) is 18.8.